The zero-order chi connectivity index (χ0) is 21.2. The molecule has 2 atom stereocenters. The highest BCUT2D eigenvalue weighted by Gasteiger charge is 2.25. The monoisotopic (exact) mass is 428 g/mol. The molecule has 168 valence electrons. The predicted octanol–water partition coefficient (Wildman–Crippen LogP) is 7.64. The second-order valence-corrected chi connectivity index (χ2v) is 9.05. The molecule has 0 aromatic heterocycles. The number of hydrogen-bond acceptors (Lipinski definition) is 4. The quantitative estimate of drug-likeness (QED) is 0.139. The molecule has 1 rings (SSSR count). The van der Waals surface area contributed by atoms with Gasteiger partial charge in [0.1, 0.15) is 5.75 Å². The third-order valence-electron chi connectivity index (χ3n) is 4.83. The van der Waals surface area contributed by atoms with Crippen LogP contribution >= 0.6 is 7.82 Å². The van der Waals surface area contributed by atoms with E-state index in [1.54, 1.807) is 19.1 Å². The van der Waals surface area contributed by atoms with Crippen LogP contribution in [0.15, 0.2) is 30.3 Å². The highest BCUT2D eigenvalue weighted by Crippen LogP contribution is 2.44. The van der Waals surface area contributed by atoms with Crippen LogP contribution in [-0.4, -0.2) is 17.8 Å². The molecule has 0 heterocycles. The van der Waals surface area contributed by atoms with Gasteiger partial charge in [0, 0.05) is 0 Å². The molecule has 5 nitrogen and oxygen atoms in total. The Morgan fingerprint density at radius 2 is 1.31 bits per heavy atom. The SMILES string of the molecule is CCCCCCCCCCCCCCCOP(=O)(O)OC(C)Oc1ccccc1. The smallest absolute Gasteiger partial charge is 0.465 e. The topological polar surface area (TPSA) is 65.0 Å². The number of phosphoric acid groups is 1. The number of para-hydroxylation sites is 1. The minimum atomic E-state index is -4.10. The van der Waals surface area contributed by atoms with Crippen LogP contribution in [-0.2, 0) is 13.6 Å². The molecule has 0 bridgehead atoms. The van der Waals surface area contributed by atoms with Crippen molar-refractivity contribution in [2.45, 2.75) is 104 Å². The van der Waals surface area contributed by atoms with Crippen molar-refractivity contribution < 1.29 is 23.2 Å². The Labute approximate surface area is 177 Å². The van der Waals surface area contributed by atoms with Gasteiger partial charge in [-0.15, -0.1) is 0 Å². The van der Waals surface area contributed by atoms with E-state index in [1.165, 1.54) is 64.2 Å². The van der Waals surface area contributed by atoms with Crippen LogP contribution in [0.5, 0.6) is 5.75 Å². The van der Waals surface area contributed by atoms with Gasteiger partial charge in [0.15, 0.2) is 0 Å². The number of rotatable bonds is 19. The molecule has 1 aromatic carbocycles. The van der Waals surface area contributed by atoms with Crippen molar-refractivity contribution in [3.8, 4) is 5.75 Å². The number of unbranched alkanes of at least 4 members (excludes halogenated alkanes) is 12. The fourth-order valence-corrected chi connectivity index (χ4v) is 4.07. The molecular formula is C23H41O5P. The van der Waals surface area contributed by atoms with Crippen molar-refractivity contribution >= 4 is 7.82 Å². The first-order valence-corrected chi connectivity index (χ1v) is 12.9. The lowest BCUT2D eigenvalue weighted by Crippen LogP contribution is -2.15. The molecule has 1 N–H and O–H groups in total. The number of hydrogen-bond donors (Lipinski definition) is 1. The predicted molar refractivity (Wildman–Crippen MR) is 119 cm³/mol. The molecule has 0 saturated carbocycles. The average molecular weight is 429 g/mol. The normalized spacial score (nSPS) is 14.4. The Kier molecular flexibility index (Phi) is 15.2. The summed E-state index contributed by atoms with van der Waals surface area (Å²) in [6.07, 6.45) is 15.5. The Bertz CT molecular complexity index is 537. The number of benzene rings is 1. The Morgan fingerprint density at radius 3 is 1.83 bits per heavy atom. The summed E-state index contributed by atoms with van der Waals surface area (Å²) in [5.74, 6) is 0.580. The van der Waals surface area contributed by atoms with Crippen molar-refractivity contribution in [2.24, 2.45) is 0 Å². The largest absolute Gasteiger partial charge is 0.475 e. The van der Waals surface area contributed by atoms with Crippen molar-refractivity contribution in [1.29, 1.82) is 0 Å². The van der Waals surface area contributed by atoms with E-state index in [0.29, 0.717) is 5.75 Å². The molecule has 0 aliphatic rings. The van der Waals surface area contributed by atoms with Gasteiger partial charge in [0.25, 0.3) is 0 Å². The summed E-state index contributed by atoms with van der Waals surface area (Å²) in [5, 5.41) is 0. The van der Waals surface area contributed by atoms with Crippen LogP contribution in [0.3, 0.4) is 0 Å². The van der Waals surface area contributed by atoms with Crippen molar-refractivity contribution in [3.05, 3.63) is 30.3 Å². The van der Waals surface area contributed by atoms with E-state index in [-0.39, 0.29) is 6.61 Å². The van der Waals surface area contributed by atoms with Crippen LogP contribution in [0, 0.1) is 0 Å². The third kappa shape index (κ3) is 15.6. The number of phosphoric ester groups is 1. The first-order chi connectivity index (χ1) is 14.0. The minimum Gasteiger partial charge on any atom is -0.465 e. The second kappa shape index (κ2) is 16.9. The van der Waals surface area contributed by atoms with Gasteiger partial charge in [0.2, 0.25) is 6.29 Å². The van der Waals surface area contributed by atoms with Gasteiger partial charge in [0.05, 0.1) is 6.61 Å². The fourth-order valence-electron chi connectivity index (χ4n) is 3.23. The van der Waals surface area contributed by atoms with Gasteiger partial charge < -0.3 is 9.63 Å². The zero-order valence-electron chi connectivity index (χ0n) is 18.4. The lowest BCUT2D eigenvalue weighted by molar-refractivity contribution is -0.00901. The van der Waals surface area contributed by atoms with Crippen LogP contribution in [0.25, 0.3) is 0 Å². The van der Waals surface area contributed by atoms with Gasteiger partial charge in [-0.05, 0) is 25.5 Å². The molecular weight excluding hydrogens is 387 g/mol. The molecule has 0 aliphatic carbocycles. The van der Waals surface area contributed by atoms with Crippen LogP contribution in [0.2, 0.25) is 0 Å². The van der Waals surface area contributed by atoms with E-state index in [0.717, 1.165) is 19.3 Å². The second-order valence-electron chi connectivity index (χ2n) is 7.65. The van der Waals surface area contributed by atoms with Crippen molar-refractivity contribution in [1.82, 2.24) is 0 Å². The Hall–Kier alpha value is -0.870. The third-order valence-corrected chi connectivity index (χ3v) is 5.90. The van der Waals surface area contributed by atoms with Crippen LogP contribution < -0.4 is 4.74 Å². The summed E-state index contributed by atoms with van der Waals surface area (Å²) in [6, 6.07) is 9.04. The molecule has 2 unspecified atom stereocenters. The summed E-state index contributed by atoms with van der Waals surface area (Å²) >= 11 is 0. The summed E-state index contributed by atoms with van der Waals surface area (Å²) in [6.45, 7) is 4.05. The average Bonchev–Trinajstić information content (AvgIpc) is 2.68. The molecule has 0 fully saturated rings. The molecule has 6 heteroatoms. The standard InChI is InChI=1S/C23H41O5P/c1-3-4-5-6-7-8-9-10-11-12-13-14-18-21-26-29(24,25)28-22(2)27-23-19-16-15-17-20-23/h15-17,19-20,22H,3-14,18,21H2,1-2H3,(H,24,25). The molecule has 0 radical (unpaired) electrons. The summed E-state index contributed by atoms with van der Waals surface area (Å²) < 4.78 is 27.5. The first-order valence-electron chi connectivity index (χ1n) is 11.4. The molecule has 0 spiro atoms. The highest BCUT2D eigenvalue weighted by atomic mass is 31.2. The summed E-state index contributed by atoms with van der Waals surface area (Å²) in [7, 11) is -4.10. The minimum absolute atomic E-state index is 0.226. The van der Waals surface area contributed by atoms with E-state index in [9.17, 15) is 9.46 Å². The van der Waals surface area contributed by atoms with Crippen LogP contribution in [0.1, 0.15) is 97.3 Å². The van der Waals surface area contributed by atoms with E-state index in [4.69, 9.17) is 13.8 Å². The zero-order valence-corrected chi connectivity index (χ0v) is 19.3. The van der Waals surface area contributed by atoms with Gasteiger partial charge in [-0.3, -0.25) is 4.52 Å². The van der Waals surface area contributed by atoms with Crippen molar-refractivity contribution in [2.75, 3.05) is 6.61 Å². The summed E-state index contributed by atoms with van der Waals surface area (Å²) in [4.78, 5) is 9.79. The summed E-state index contributed by atoms with van der Waals surface area (Å²) in [5.41, 5.74) is 0. The molecule has 0 saturated heterocycles. The Balaban J connectivity index is 1.93. The van der Waals surface area contributed by atoms with Gasteiger partial charge in [-0.2, -0.15) is 0 Å². The maximum absolute atomic E-state index is 12.0. The molecule has 0 aliphatic heterocycles. The molecule has 0 amide bonds. The van der Waals surface area contributed by atoms with Gasteiger partial charge in [-0.25, -0.2) is 9.09 Å². The van der Waals surface area contributed by atoms with Gasteiger partial charge in [-0.1, -0.05) is 102 Å². The Morgan fingerprint density at radius 1 is 0.828 bits per heavy atom. The first kappa shape index (κ1) is 26.2. The fraction of sp³-hybridized carbons (Fsp3) is 0.739. The van der Waals surface area contributed by atoms with E-state index < -0.39 is 14.1 Å². The maximum atomic E-state index is 12.0. The van der Waals surface area contributed by atoms with Crippen molar-refractivity contribution in [3.63, 3.8) is 0 Å². The lowest BCUT2D eigenvalue weighted by Gasteiger charge is -2.18. The molecule has 1 aromatic rings. The number of ether oxygens (including phenoxy) is 1. The lowest BCUT2D eigenvalue weighted by atomic mass is 10.0. The van der Waals surface area contributed by atoms with E-state index in [2.05, 4.69) is 6.92 Å². The van der Waals surface area contributed by atoms with Crippen LogP contribution in [0.4, 0.5) is 0 Å². The highest BCUT2D eigenvalue weighted by molar-refractivity contribution is 7.47. The van der Waals surface area contributed by atoms with Gasteiger partial charge >= 0.3 is 7.82 Å². The van der Waals surface area contributed by atoms with E-state index >= 15 is 0 Å². The maximum Gasteiger partial charge on any atom is 0.475 e. The van der Waals surface area contributed by atoms with E-state index in [1.807, 2.05) is 18.2 Å². The molecule has 29 heavy (non-hydrogen) atoms.